The number of ketones is 1. The topological polar surface area (TPSA) is 83.7 Å². The number of hydrogen-bond donors (Lipinski definition) is 1. The first-order valence-electron chi connectivity index (χ1n) is 6.68. The lowest BCUT2D eigenvalue weighted by Crippen LogP contribution is -2.21. The van der Waals surface area contributed by atoms with Crippen LogP contribution in [0.1, 0.15) is 30.1 Å². The molecular formula is C14H18N2O4. The Bertz CT molecular complexity index is 530. The average molecular weight is 278 g/mol. The predicted molar refractivity (Wildman–Crippen MR) is 75.1 cm³/mol. The van der Waals surface area contributed by atoms with Gasteiger partial charge in [0.1, 0.15) is 5.69 Å². The maximum atomic E-state index is 11.3. The lowest BCUT2D eigenvalue weighted by atomic mass is 10.1. The van der Waals surface area contributed by atoms with Crippen LogP contribution in [0.25, 0.3) is 0 Å². The third kappa shape index (κ3) is 2.96. The van der Waals surface area contributed by atoms with Gasteiger partial charge in [-0.15, -0.1) is 0 Å². The highest BCUT2D eigenvalue weighted by atomic mass is 16.6. The summed E-state index contributed by atoms with van der Waals surface area (Å²) in [5.41, 5.74) is 0.884. The Hall–Kier alpha value is -1.95. The molecule has 1 aliphatic rings. The summed E-state index contributed by atoms with van der Waals surface area (Å²) in [5, 5.41) is 20.1. The van der Waals surface area contributed by atoms with Crippen molar-refractivity contribution in [2.45, 2.75) is 19.8 Å². The quantitative estimate of drug-likeness (QED) is 0.506. The van der Waals surface area contributed by atoms with Crippen LogP contribution in [-0.2, 0) is 0 Å². The SMILES string of the molecule is CC(=O)c1ccc(N2CCC(CCO)C2)c([N+](=O)[O-])c1. The van der Waals surface area contributed by atoms with E-state index < -0.39 is 4.92 Å². The molecule has 0 aromatic heterocycles. The van der Waals surface area contributed by atoms with Gasteiger partial charge in [0.2, 0.25) is 0 Å². The number of nitro benzene ring substituents is 1. The normalized spacial score (nSPS) is 18.3. The van der Waals surface area contributed by atoms with Gasteiger partial charge in [-0.3, -0.25) is 14.9 Å². The molecule has 1 unspecified atom stereocenters. The van der Waals surface area contributed by atoms with E-state index in [9.17, 15) is 14.9 Å². The van der Waals surface area contributed by atoms with E-state index in [0.717, 1.165) is 19.4 Å². The van der Waals surface area contributed by atoms with Crippen LogP contribution in [0.4, 0.5) is 11.4 Å². The second-order valence-electron chi connectivity index (χ2n) is 5.13. The number of rotatable bonds is 5. The van der Waals surface area contributed by atoms with Gasteiger partial charge in [0.25, 0.3) is 5.69 Å². The third-order valence-corrected chi connectivity index (χ3v) is 3.74. The zero-order valence-electron chi connectivity index (χ0n) is 11.4. The van der Waals surface area contributed by atoms with Gasteiger partial charge in [-0.2, -0.15) is 0 Å². The van der Waals surface area contributed by atoms with Crippen LogP contribution < -0.4 is 4.90 Å². The smallest absolute Gasteiger partial charge is 0.293 e. The van der Waals surface area contributed by atoms with Gasteiger partial charge in [0, 0.05) is 31.3 Å². The molecule has 108 valence electrons. The first-order valence-corrected chi connectivity index (χ1v) is 6.68. The lowest BCUT2D eigenvalue weighted by molar-refractivity contribution is -0.384. The van der Waals surface area contributed by atoms with Crippen LogP contribution >= 0.6 is 0 Å². The Labute approximate surface area is 117 Å². The summed E-state index contributed by atoms with van der Waals surface area (Å²) in [6.45, 7) is 2.99. The van der Waals surface area contributed by atoms with Crippen molar-refractivity contribution >= 4 is 17.2 Å². The molecular weight excluding hydrogens is 260 g/mol. The number of aliphatic hydroxyl groups is 1. The molecule has 0 spiro atoms. The zero-order valence-corrected chi connectivity index (χ0v) is 11.4. The standard InChI is InChI=1S/C14H18N2O4/c1-10(18)12-2-3-13(14(8-12)16(19)20)15-6-4-11(9-15)5-7-17/h2-3,8,11,17H,4-7,9H2,1H3. The fourth-order valence-corrected chi connectivity index (χ4v) is 2.63. The molecule has 6 heteroatoms. The van der Waals surface area contributed by atoms with Crippen LogP contribution in [0.5, 0.6) is 0 Å². The Morgan fingerprint density at radius 2 is 2.30 bits per heavy atom. The van der Waals surface area contributed by atoms with Crippen LogP contribution in [0.15, 0.2) is 18.2 Å². The van der Waals surface area contributed by atoms with Crippen LogP contribution in [0.2, 0.25) is 0 Å². The van der Waals surface area contributed by atoms with Crippen molar-refractivity contribution in [3.05, 3.63) is 33.9 Å². The van der Waals surface area contributed by atoms with E-state index in [2.05, 4.69) is 0 Å². The van der Waals surface area contributed by atoms with Crippen LogP contribution in [-0.4, -0.2) is 35.5 Å². The minimum absolute atomic E-state index is 0.0256. The monoisotopic (exact) mass is 278 g/mol. The molecule has 1 aliphatic heterocycles. The highest BCUT2D eigenvalue weighted by Gasteiger charge is 2.27. The summed E-state index contributed by atoms with van der Waals surface area (Å²) in [6, 6.07) is 4.62. The van der Waals surface area contributed by atoms with Crippen LogP contribution in [0.3, 0.4) is 0 Å². The number of nitrogens with zero attached hydrogens (tertiary/aromatic N) is 2. The third-order valence-electron chi connectivity index (χ3n) is 3.74. The zero-order chi connectivity index (χ0) is 14.7. The average Bonchev–Trinajstić information content (AvgIpc) is 2.86. The van der Waals surface area contributed by atoms with Crippen molar-refractivity contribution in [3.63, 3.8) is 0 Å². The summed E-state index contributed by atoms with van der Waals surface area (Å²) in [4.78, 5) is 24.0. The Morgan fingerprint density at radius 3 is 2.90 bits per heavy atom. The minimum atomic E-state index is -0.443. The van der Waals surface area contributed by atoms with Gasteiger partial charge >= 0.3 is 0 Å². The van der Waals surface area contributed by atoms with Crippen molar-refractivity contribution in [1.29, 1.82) is 0 Å². The molecule has 1 aromatic rings. The fourth-order valence-electron chi connectivity index (χ4n) is 2.63. The number of anilines is 1. The number of Topliss-reactive ketones (excluding diaryl/α,β-unsaturated/α-hetero) is 1. The molecule has 6 nitrogen and oxygen atoms in total. The molecule has 20 heavy (non-hydrogen) atoms. The summed E-state index contributed by atoms with van der Waals surface area (Å²) in [5.74, 6) is 0.186. The molecule has 0 saturated carbocycles. The molecule has 0 amide bonds. The maximum Gasteiger partial charge on any atom is 0.293 e. The van der Waals surface area contributed by atoms with E-state index in [1.807, 2.05) is 4.90 Å². The maximum absolute atomic E-state index is 11.3. The van der Waals surface area contributed by atoms with Gasteiger partial charge < -0.3 is 10.0 Å². The van der Waals surface area contributed by atoms with Gasteiger partial charge in [0.15, 0.2) is 5.78 Å². The summed E-state index contributed by atoms with van der Waals surface area (Å²) in [6.07, 6.45) is 1.64. The molecule has 0 aliphatic carbocycles. The van der Waals surface area contributed by atoms with E-state index in [0.29, 0.717) is 23.7 Å². The number of nitro groups is 1. The van der Waals surface area contributed by atoms with Gasteiger partial charge in [-0.25, -0.2) is 0 Å². The molecule has 1 aromatic carbocycles. The number of aliphatic hydroxyl groups excluding tert-OH is 1. The summed E-state index contributed by atoms with van der Waals surface area (Å²) in [7, 11) is 0. The largest absolute Gasteiger partial charge is 0.396 e. The van der Waals surface area contributed by atoms with E-state index in [1.54, 1.807) is 12.1 Å². The number of hydrogen-bond acceptors (Lipinski definition) is 5. The Kier molecular flexibility index (Phi) is 4.34. The van der Waals surface area contributed by atoms with Crippen molar-refractivity contribution < 1.29 is 14.8 Å². The first-order chi connectivity index (χ1) is 9.52. The highest BCUT2D eigenvalue weighted by molar-refractivity contribution is 5.95. The first kappa shape index (κ1) is 14.5. The summed E-state index contributed by atoms with van der Waals surface area (Å²) >= 11 is 0. The van der Waals surface area contributed by atoms with Crippen molar-refractivity contribution in [3.8, 4) is 0 Å². The van der Waals surface area contributed by atoms with Crippen molar-refractivity contribution in [1.82, 2.24) is 0 Å². The highest BCUT2D eigenvalue weighted by Crippen LogP contribution is 2.33. The molecule has 0 radical (unpaired) electrons. The fraction of sp³-hybridized carbons (Fsp3) is 0.500. The molecule has 1 atom stereocenters. The number of carbonyl (C=O) groups excluding carboxylic acids is 1. The second kappa shape index (κ2) is 6.00. The predicted octanol–water partition coefficient (Wildman–Crippen LogP) is 2.01. The lowest BCUT2D eigenvalue weighted by Gasteiger charge is -2.18. The molecule has 0 bridgehead atoms. The Morgan fingerprint density at radius 1 is 1.55 bits per heavy atom. The van der Waals surface area contributed by atoms with Crippen molar-refractivity contribution in [2.75, 3.05) is 24.6 Å². The van der Waals surface area contributed by atoms with E-state index >= 15 is 0 Å². The van der Waals surface area contributed by atoms with E-state index in [4.69, 9.17) is 5.11 Å². The summed E-state index contributed by atoms with van der Waals surface area (Å²) < 4.78 is 0. The second-order valence-corrected chi connectivity index (χ2v) is 5.13. The van der Waals surface area contributed by atoms with Gasteiger partial charge in [-0.1, -0.05) is 0 Å². The number of carbonyl (C=O) groups is 1. The molecule has 1 N–H and O–H groups in total. The van der Waals surface area contributed by atoms with Gasteiger partial charge in [0.05, 0.1) is 4.92 Å². The van der Waals surface area contributed by atoms with E-state index in [-0.39, 0.29) is 18.1 Å². The molecule has 1 saturated heterocycles. The van der Waals surface area contributed by atoms with Crippen LogP contribution in [0, 0.1) is 16.0 Å². The molecule has 2 rings (SSSR count). The minimum Gasteiger partial charge on any atom is -0.396 e. The van der Waals surface area contributed by atoms with Gasteiger partial charge in [-0.05, 0) is 37.8 Å². The van der Waals surface area contributed by atoms with Crippen molar-refractivity contribution in [2.24, 2.45) is 5.92 Å². The van der Waals surface area contributed by atoms with E-state index in [1.165, 1.54) is 13.0 Å². The number of benzene rings is 1. The molecule has 1 heterocycles. The Balaban J connectivity index is 2.28. The molecule has 1 fully saturated rings.